The van der Waals surface area contributed by atoms with Crippen LogP contribution in [0.5, 0.6) is 0 Å². The lowest BCUT2D eigenvalue weighted by Gasteiger charge is -2.19. The zero-order valence-corrected chi connectivity index (χ0v) is 8.82. The molecule has 2 amide bonds. The molecule has 1 aliphatic heterocycles. The van der Waals surface area contributed by atoms with E-state index in [4.69, 9.17) is 0 Å². The van der Waals surface area contributed by atoms with Gasteiger partial charge in [-0.1, -0.05) is 0 Å². The molecule has 1 rings (SSSR count). The van der Waals surface area contributed by atoms with Crippen LogP contribution in [-0.4, -0.2) is 54.6 Å². The van der Waals surface area contributed by atoms with Crippen molar-refractivity contribution in [2.75, 3.05) is 26.7 Å². The van der Waals surface area contributed by atoms with E-state index in [1.807, 2.05) is 13.8 Å². The Kier molecular flexibility index (Phi) is 3.33. The van der Waals surface area contributed by atoms with Gasteiger partial charge in [0.2, 0.25) is 0 Å². The molecule has 5 nitrogen and oxygen atoms in total. The van der Waals surface area contributed by atoms with E-state index < -0.39 is 0 Å². The van der Waals surface area contributed by atoms with E-state index in [0.717, 1.165) is 0 Å². The standard InChI is InChI=1S/C9H16N2O3/c1-4-10(5-2)9(13)11-6-7(11)8(12)14-3/h7H,4-6H2,1-3H3. The number of rotatable bonds is 3. The minimum Gasteiger partial charge on any atom is -0.467 e. The molecule has 0 radical (unpaired) electrons. The number of hydrogen-bond acceptors (Lipinski definition) is 3. The molecule has 0 spiro atoms. The third kappa shape index (κ3) is 1.97. The van der Waals surface area contributed by atoms with E-state index in [1.165, 1.54) is 12.0 Å². The molecule has 1 saturated heterocycles. The number of esters is 1. The largest absolute Gasteiger partial charge is 0.467 e. The fraction of sp³-hybridized carbons (Fsp3) is 0.778. The first-order chi connectivity index (χ1) is 6.65. The summed E-state index contributed by atoms with van der Waals surface area (Å²) in [4.78, 5) is 25.9. The van der Waals surface area contributed by atoms with Crippen molar-refractivity contribution in [1.29, 1.82) is 0 Å². The second-order valence-electron chi connectivity index (χ2n) is 3.15. The van der Waals surface area contributed by atoms with Gasteiger partial charge in [0.25, 0.3) is 0 Å². The third-order valence-electron chi connectivity index (χ3n) is 2.37. The van der Waals surface area contributed by atoms with Gasteiger partial charge >= 0.3 is 12.0 Å². The van der Waals surface area contributed by atoms with Crippen molar-refractivity contribution < 1.29 is 14.3 Å². The van der Waals surface area contributed by atoms with Crippen LogP contribution in [0.2, 0.25) is 0 Å². The predicted molar refractivity (Wildman–Crippen MR) is 50.8 cm³/mol. The van der Waals surface area contributed by atoms with E-state index in [-0.39, 0.29) is 18.0 Å². The maximum Gasteiger partial charge on any atom is 0.330 e. The average molecular weight is 200 g/mol. The van der Waals surface area contributed by atoms with E-state index in [9.17, 15) is 9.59 Å². The summed E-state index contributed by atoms with van der Waals surface area (Å²) >= 11 is 0. The lowest BCUT2D eigenvalue weighted by Crippen LogP contribution is -2.36. The predicted octanol–water partition coefficient (Wildman–Crippen LogP) is 0.305. The van der Waals surface area contributed by atoms with Crippen molar-refractivity contribution in [3.63, 3.8) is 0 Å². The Balaban J connectivity index is 2.46. The topological polar surface area (TPSA) is 49.6 Å². The molecule has 0 aliphatic carbocycles. The van der Waals surface area contributed by atoms with Gasteiger partial charge in [-0.25, -0.2) is 9.59 Å². The Labute approximate surface area is 83.6 Å². The highest BCUT2D eigenvalue weighted by Gasteiger charge is 2.46. The van der Waals surface area contributed by atoms with Crippen LogP contribution in [-0.2, 0) is 9.53 Å². The first-order valence-electron chi connectivity index (χ1n) is 4.79. The molecule has 1 fully saturated rings. The monoisotopic (exact) mass is 200 g/mol. The number of amides is 2. The van der Waals surface area contributed by atoms with Crippen LogP contribution in [0.3, 0.4) is 0 Å². The van der Waals surface area contributed by atoms with Gasteiger partial charge in [0, 0.05) is 13.1 Å². The molecule has 0 bridgehead atoms. The first kappa shape index (κ1) is 10.8. The highest BCUT2D eigenvalue weighted by atomic mass is 16.5. The maximum absolute atomic E-state index is 11.6. The zero-order valence-electron chi connectivity index (χ0n) is 8.82. The number of hydrogen-bond donors (Lipinski definition) is 0. The third-order valence-corrected chi connectivity index (χ3v) is 2.37. The number of carbonyl (C=O) groups excluding carboxylic acids is 2. The molecule has 1 aliphatic rings. The molecule has 0 aromatic heterocycles. The van der Waals surface area contributed by atoms with Gasteiger partial charge in [-0.05, 0) is 13.8 Å². The van der Waals surface area contributed by atoms with Crippen LogP contribution in [0.4, 0.5) is 4.79 Å². The molecular weight excluding hydrogens is 184 g/mol. The fourth-order valence-electron chi connectivity index (χ4n) is 1.36. The highest BCUT2D eigenvalue weighted by molar-refractivity contribution is 5.88. The summed E-state index contributed by atoms with van der Waals surface area (Å²) in [5, 5.41) is 0. The van der Waals surface area contributed by atoms with Crippen molar-refractivity contribution in [2.24, 2.45) is 0 Å². The van der Waals surface area contributed by atoms with Gasteiger partial charge in [0.1, 0.15) is 6.04 Å². The van der Waals surface area contributed by atoms with Gasteiger partial charge in [0.15, 0.2) is 0 Å². The summed E-state index contributed by atoms with van der Waals surface area (Å²) in [6.45, 7) is 5.65. The van der Waals surface area contributed by atoms with E-state index in [0.29, 0.717) is 19.6 Å². The summed E-state index contributed by atoms with van der Waals surface area (Å²) in [6, 6.07) is -0.432. The van der Waals surface area contributed by atoms with Crippen molar-refractivity contribution in [3.05, 3.63) is 0 Å². The van der Waals surface area contributed by atoms with E-state index in [1.54, 1.807) is 4.90 Å². The summed E-state index contributed by atoms with van der Waals surface area (Å²) in [5.74, 6) is -0.328. The summed E-state index contributed by atoms with van der Waals surface area (Å²) in [7, 11) is 1.33. The van der Waals surface area contributed by atoms with Gasteiger partial charge in [0.05, 0.1) is 13.7 Å². The Morgan fingerprint density at radius 1 is 1.43 bits per heavy atom. The van der Waals surface area contributed by atoms with Gasteiger partial charge < -0.3 is 14.5 Å². The van der Waals surface area contributed by atoms with Gasteiger partial charge in [-0.3, -0.25) is 0 Å². The number of methoxy groups -OCH3 is 1. The van der Waals surface area contributed by atoms with Crippen molar-refractivity contribution in [2.45, 2.75) is 19.9 Å². The van der Waals surface area contributed by atoms with Crippen LogP contribution in [0.1, 0.15) is 13.8 Å². The summed E-state index contributed by atoms with van der Waals surface area (Å²) in [6.07, 6.45) is 0. The Hall–Kier alpha value is -1.26. The lowest BCUT2D eigenvalue weighted by atomic mass is 10.5. The number of carbonyl (C=O) groups is 2. The maximum atomic E-state index is 11.6. The minimum atomic E-state index is -0.354. The number of urea groups is 1. The molecule has 0 aromatic rings. The van der Waals surface area contributed by atoms with Gasteiger partial charge in [-0.15, -0.1) is 0 Å². The Bertz CT molecular complexity index is 238. The SMILES string of the molecule is CCN(CC)C(=O)N1CC1C(=O)OC. The molecule has 0 N–H and O–H groups in total. The average Bonchev–Trinajstić information content (AvgIpc) is 2.98. The Morgan fingerprint density at radius 2 is 2.00 bits per heavy atom. The normalized spacial score (nSPS) is 19.1. The second kappa shape index (κ2) is 4.30. The quantitative estimate of drug-likeness (QED) is 0.486. The minimum absolute atomic E-state index is 0.0783. The number of ether oxygens (including phenoxy) is 1. The molecule has 80 valence electrons. The fourth-order valence-corrected chi connectivity index (χ4v) is 1.36. The Morgan fingerprint density at radius 3 is 2.43 bits per heavy atom. The molecule has 5 heteroatoms. The number of nitrogens with zero attached hydrogens (tertiary/aromatic N) is 2. The molecular formula is C9H16N2O3. The highest BCUT2D eigenvalue weighted by Crippen LogP contribution is 2.20. The van der Waals surface area contributed by atoms with E-state index in [2.05, 4.69) is 4.74 Å². The molecule has 14 heavy (non-hydrogen) atoms. The van der Waals surface area contributed by atoms with Crippen LogP contribution >= 0.6 is 0 Å². The van der Waals surface area contributed by atoms with Gasteiger partial charge in [-0.2, -0.15) is 0 Å². The smallest absolute Gasteiger partial charge is 0.330 e. The van der Waals surface area contributed by atoms with Crippen molar-refractivity contribution in [1.82, 2.24) is 9.80 Å². The first-order valence-corrected chi connectivity index (χ1v) is 4.79. The molecule has 1 unspecified atom stereocenters. The van der Waals surface area contributed by atoms with Crippen LogP contribution < -0.4 is 0 Å². The lowest BCUT2D eigenvalue weighted by molar-refractivity contribution is -0.140. The summed E-state index contributed by atoms with van der Waals surface area (Å²) < 4.78 is 4.55. The van der Waals surface area contributed by atoms with Crippen molar-refractivity contribution in [3.8, 4) is 0 Å². The van der Waals surface area contributed by atoms with Crippen LogP contribution in [0.25, 0.3) is 0 Å². The zero-order chi connectivity index (χ0) is 10.7. The van der Waals surface area contributed by atoms with E-state index >= 15 is 0 Å². The second-order valence-corrected chi connectivity index (χ2v) is 3.15. The molecule has 0 saturated carbocycles. The van der Waals surface area contributed by atoms with Crippen molar-refractivity contribution >= 4 is 12.0 Å². The molecule has 1 atom stereocenters. The molecule has 1 heterocycles. The summed E-state index contributed by atoms with van der Waals surface area (Å²) in [5.41, 5.74) is 0. The van der Waals surface area contributed by atoms with Crippen LogP contribution in [0, 0.1) is 0 Å². The molecule has 0 aromatic carbocycles. The van der Waals surface area contributed by atoms with Crippen LogP contribution in [0.15, 0.2) is 0 Å².